The van der Waals surface area contributed by atoms with E-state index in [9.17, 15) is 4.79 Å². The van der Waals surface area contributed by atoms with Crippen LogP contribution in [0.4, 0.5) is 5.82 Å². The quantitative estimate of drug-likeness (QED) is 0.670. The van der Waals surface area contributed by atoms with Crippen LogP contribution in [0.5, 0.6) is 5.75 Å². The van der Waals surface area contributed by atoms with Crippen LogP contribution >= 0.6 is 11.3 Å². The van der Waals surface area contributed by atoms with E-state index in [0.717, 1.165) is 46.0 Å². The summed E-state index contributed by atoms with van der Waals surface area (Å²) < 4.78 is 11.1. The third-order valence-corrected chi connectivity index (χ3v) is 5.74. The number of aromatic nitrogens is 2. The summed E-state index contributed by atoms with van der Waals surface area (Å²) in [5.41, 5.74) is 1.73. The average molecular weight is 413 g/mol. The molecule has 7 nitrogen and oxygen atoms in total. The highest BCUT2D eigenvalue weighted by Gasteiger charge is 2.22. The number of fused-ring (bicyclic) bond motifs is 1. The second-order valence-corrected chi connectivity index (χ2v) is 7.83. The normalized spacial score (nSPS) is 14.2. The Morgan fingerprint density at radius 3 is 2.86 bits per heavy atom. The lowest BCUT2D eigenvalue weighted by Gasteiger charge is -2.28. The molecule has 0 aliphatic carbocycles. The molecule has 1 aromatic carbocycles. The second-order valence-electron chi connectivity index (χ2n) is 6.75. The van der Waals surface area contributed by atoms with Crippen molar-refractivity contribution in [1.29, 1.82) is 0 Å². The number of anilines is 1. The maximum absolute atomic E-state index is 12.9. The van der Waals surface area contributed by atoms with Crippen molar-refractivity contribution >= 4 is 34.0 Å². The molecule has 1 aliphatic rings. The van der Waals surface area contributed by atoms with E-state index < -0.39 is 0 Å². The van der Waals surface area contributed by atoms with Crippen molar-refractivity contribution in [3.63, 3.8) is 0 Å². The van der Waals surface area contributed by atoms with Crippen LogP contribution < -0.4 is 15.0 Å². The monoisotopic (exact) mass is 412 g/mol. The van der Waals surface area contributed by atoms with Gasteiger partial charge in [0.2, 0.25) is 5.82 Å². The molecule has 0 atom stereocenters. The Morgan fingerprint density at radius 1 is 1.28 bits per heavy atom. The van der Waals surface area contributed by atoms with E-state index in [1.165, 1.54) is 0 Å². The van der Waals surface area contributed by atoms with Crippen molar-refractivity contribution in [1.82, 2.24) is 15.3 Å². The van der Waals surface area contributed by atoms with Gasteiger partial charge < -0.3 is 19.7 Å². The summed E-state index contributed by atoms with van der Waals surface area (Å²) in [6.45, 7) is 7.75. The Morgan fingerprint density at radius 2 is 2.07 bits per heavy atom. The number of nitrogens with zero attached hydrogens (tertiary/aromatic N) is 3. The van der Waals surface area contributed by atoms with Crippen LogP contribution in [-0.4, -0.2) is 48.8 Å². The Labute approximate surface area is 173 Å². The molecular weight excluding hydrogens is 388 g/mol. The third-order valence-electron chi connectivity index (χ3n) is 4.84. The van der Waals surface area contributed by atoms with Crippen molar-refractivity contribution in [2.45, 2.75) is 20.4 Å². The summed E-state index contributed by atoms with van der Waals surface area (Å²) in [6.07, 6.45) is 0. The first-order chi connectivity index (χ1) is 14.2. The van der Waals surface area contributed by atoms with Crippen molar-refractivity contribution in [2.24, 2.45) is 0 Å². The molecule has 1 aliphatic heterocycles. The lowest BCUT2D eigenvalue weighted by atomic mass is 10.2. The highest BCUT2D eigenvalue weighted by Crippen LogP contribution is 2.32. The van der Waals surface area contributed by atoms with Gasteiger partial charge in [-0.25, -0.2) is 9.97 Å². The zero-order valence-electron chi connectivity index (χ0n) is 16.6. The molecule has 1 amide bonds. The molecule has 29 heavy (non-hydrogen) atoms. The Kier molecular flexibility index (Phi) is 5.92. The number of morpholine rings is 1. The van der Waals surface area contributed by atoms with E-state index in [-0.39, 0.29) is 11.7 Å². The molecule has 0 unspecified atom stereocenters. The molecule has 4 rings (SSSR count). The summed E-state index contributed by atoms with van der Waals surface area (Å²) in [5, 5.41) is 5.94. The lowest BCUT2D eigenvalue weighted by Crippen LogP contribution is -2.37. The maximum atomic E-state index is 12.9. The third kappa shape index (κ3) is 4.18. The van der Waals surface area contributed by atoms with Crippen molar-refractivity contribution in [3.8, 4) is 5.75 Å². The number of ether oxygens (including phenoxy) is 2. The number of hydrogen-bond acceptors (Lipinski definition) is 7. The fourth-order valence-corrected chi connectivity index (χ4v) is 4.17. The molecule has 1 fully saturated rings. The lowest BCUT2D eigenvalue weighted by molar-refractivity contribution is 0.0940. The number of rotatable bonds is 6. The second kappa shape index (κ2) is 8.75. The fraction of sp³-hybridized carbons (Fsp3) is 0.381. The van der Waals surface area contributed by atoms with Gasteiger partial charge in [-0.05, 0) is 19.9 Å². The fourth-order valence-electron chi connectivity index (χ4n) is 3.40. The SMILES string of the molecule is CCOc1ccccc1CNC(=O)c1nc(N2CCOCC2)c2c(C)scc2n1. The van der Waals surface area contributed by atoms with Crippen molar-refractivity contribution in [2.75, 3.05) is 37.8 Å². The average Bonchev–Trinajstić information content (AvgIpc) is 3.14. The first-order valence-corrected chi connectivity index (χ1v) is 10.6. The molecule has 0 spiro atoms. The summed E-state index contributed by atoms with van der Waals surface area (Å²) in [7, 11) is 0. The minimum absolute atomic E-state index is 0.186. The summed E-state index contributed by atoms with van der Waals surface area (Å²) in [6, 6.07) is 7.69. The van der Waals surface area contributed by atoms with Gasteiger partial charge in [0.1, 0.15) is 11.6 Å². The first-order valence-electron chi connectivity index (χ1n) is 9.74. The first kappa shape index (κ1) is 19.6. The van der Waals surface area contributed by atoms with Crippen LogP contribution in [0.1, 0.15) is 28.0 Å². The highest BCUT2D eigenvalue weighted by atomic mass is 32.1. The van der Waals surface area contributed by atoms with Gasteiger partial charge in [-0.1, -0.05) is 18.2 Å². The van der Waals surface area contributed by atoms with Crippen LogP contribution in [0.3, 0.4) is 0 Å². The van der Waals surface area contributed by atoms with Gasteiger partial charge in [0.15, 0.2) is 0 Å². The smallest absolute Gasteiger partial charge is 0.289 e. The standard InChI is InChI=1S/C21H24N4O3S/c1-3-28-17-7-5-4-6-15(17)12-22-21(26)19-23-16-13-29-14(2)18(16)20(24-19)25-8-10-27-11-9-25/h4-7,13H,3,8-12H2,1-2H3,(H,22,26). The number of hydrogen-bond donors (Lipinski definition) is 1. The van der Waals surface area contributed by atoms with Crippen LogP contribution in [0.25, 0.3) is 10.9 Å². The van der Waals surface area contributed by atoms with Crippen LogP contribution in [0, 0.1) is 6.92 Å². The Bertz CT molecular complexity index is 1010. The molecular formula is C21H24N4O3S. The minimum Gasteiger partial charge on any atom is -0.494 e. The predicted octanol–water partition coefficient (Wildman–Crippen LogP) is 3.17. The van der Waals surface area contributed by atoms with Gasteiger partial charge >= 0.3 is 0 Å². The summed E-state index contributed by atoms with van der Waals surface area (Å²) in [4.78, 5) is 25.4. The number of carbonyl (C=O) groups excluding carboxylic acids is 1. The molecule has 2 aromatic heterocycles. The van der Waals surface area contributed by atoms with Crippen LogP contribution in [0.15, 0.2) is 29.6 Å². The molecule has 8 heteroatoms. The van der Waals surface area contributed by atoms with Crippen molar-refractivity contribution in [3.05, 3.63) is 45.9 Å². The molecule has 1 saturated heterocycles. The molecule has 0 saturated carbocycles. The summed E-state index contributed by atoms with van der Waals surface area (Å²) >= 11 is 1.63. The van der Waals surface area contributed by atoms with Gasteiger partial charge in [0.25, 0.3) is 5.91 Å². The van der Waals surface area contributed by atoms with E-state index in [4.69, 9.17) is 9.47 Å². The zero-order valence-corrected chi connectivity index (χ0v) is 17.4. The molecule has 3 heterocycles. The number of carbonyl (C=O) groups is 1. The van der Waals surface area contributed by atoms with Gasteiger partial charge in [0, 0.05) is 35.5 Å². The van der Waals surface area contributed by atoms with E-state index in [1.54, 1.807) is 11.3 Å². The molecule has 152 valence electrons. The Balaban J connectivity index is 1.59. The topological polar surface area (TPSA) is 76.6 Å². The predicted molar refractivity (Wildman–Crippen MR) is 114 cm³/mol. The van der Waals surface area contributed by atoms with Crippen molar-refractivity contribution < 1.29 is 14.3 Å². The van der Waals surface area contributed by atoms with E-state index in [1.807, 2.05) is 36.6 Å². The van der Waals surface area contributed by atoms with Gasteiger partial charge in [0.05, 0.1) is 30.7 Å². The highest BCUT2D eigenvalue weighted by molar-refractivity contribution is 7.11. The molecule has 0 radical (unpaired) electrons. The van der Waals surface area contributed by atoms with E-state index >= 15 is 0 Å². The van der Waals surface area contributed by atoms with Crippen LogP contribution in [-0.2, 0) is 11.3 Å². The minimum atomic E-state index is -0.295. The largest absolute Gasteiger partial charge is 0.494 e. The molecule has 1 N–H and O–H groups in total. The van der Waals surface area contributed by atoms with E-state index in [0.29, 0.717) is 26.4 Å². The van der Waals surface area contributed by atoms with Gasteiger partial charge in [-0.2, -0.15) is 0 Å². The molecule has 0 bridgehead atoms. The zero-order chi connectivity index (χ0) is 20.2. The van der Waals surface area contributed by atoms with E-state index in [2.05, 4.69) is 27.1 Å². The number of benzene rings is 1. The maximum Gasteiger partial charge on any atom is 0.289 e. The number of para-hydroxylation sites is 1. The number of nitrogens with one attached hydrogen (secondary N) is 1. The number of thiophene rings is 1. The number of aryl methyl sites for hydroxylation is 1. The molecule has 3 aromatic rings. The van der Waals surface area contributed by atoms with Gasteiger partial charge in [-0.3, -0.25) is 4.79 Å². The summed E-state index contributed by atoms with van der Waals surface area (Å²) in [5.74, 6) is 1.48. The Hall–Kier alpha value is -2.71. The number of amides is 1. The van der Waals surface area contributed by atoms with Gasteiger partial charge in [-0.15, -0.1) is 11.3 Å². The van der Waals surface area contributed by atoms with Crippen LogP contribution in [0.2, 0.25) is 0 Å².